The Morgan fingerprint density at radius 1 is 1.35 bits per heavy atom. The van der Waals surface area contributed by atoms with Crippen LogP contribution < -0.4 is 21.3 Å². The van der Waals surface area contributed by atoms with Crippen LogP contribution in [0.2, 0.25) is 0 Å². The molecule has 1 fully saturated rings. The van der Waals surface area contributed by atoms with Crippen molar-refractivity contribution in [2.24, 2.45) is 10.7 Å². The summed E-state index contributed by atoms with van der Waals surface area (Å²) in [6.45, 7) is 2.86. The van der Waals surface area contributed by atoms with E-state index in [0.29, 0.717) is 50.3 Å². The fourth-order valence-corrected chi connectivity index (χ4v) is 5.06. The van der Waals surface area contributed by atoms with Crippen LogP contribution in [0.4, 0.5) is 14.5 Å². The van der Waals surface area contributed by atoms with Gasteiger partial charge in [-0.3, -0.25) is 15.2 Å². The topological polar surface area (TPSA) is 136 Å². The van der Waals surface area contributed by atoms with E-state index in [1.807, 2.05) is 4.90 Å². The smallest absolute Gasteiger partial charge is 0.325 e. The highest BCUT2D eigenvalue weighted by Crippen LogP contribution is 2.37. The van der Waals surface area contributed by atoms with Crippen LogP contribution in [0.5, 0.6) is 0 Å². The van der Waals surface area contributed by atoms with Gasteiger partial charge in [0.05, 0.1) is 0 Å². The van der Waals surface area contributed by atoms with Crippen molar-refractivity contribution in [3.05, 3.63) is 46.3 Å². The predicted octanol–water partition coefficient (Wildman–Crippen LogP) is 2.83. The first-order chi connectivity index (χ1) is 17.9. The van der Waals surface area contributed by atoms with Crippen molar-refractivity contribution in [2.45, 2.75) is 44.6 Å². The van der Waals surface area contributed by atoms with E-state index in [-0.39, 0.29) is 16.7 Å². The number of hydrogen-bond acceptors (Lipinski definition) is 7. The summed E-state index contributed by atoms with van der Waals surface area (Å²) < 4.78 is 33.9. The fourth-order valence-electron chi connectivity index (χ4n) is 5.06. The van der Waals surface area contributed by atoms with Gasteiger partial charge in [-0.05, 0) is 48.9 Å². The molecule has 0 aromatic heterocycles. The molecule has 200 valence electrons. The van der Waals surface area contributed by atoms with Gasteiger partial charge in [0.15, 0.2) is 0 Å². The van der Waals surface area contributed by atoms with Crippen molar-refractivity contribution in [1.29, 1.82) is 5.41 Å². The van der Waals surface area contributed by atoms with Crippen molar-refractivity contribution in [1.82, 2.24) is 10.6 Å². The predicted molar refractivity (Wildman–Crippen MR) is 139 cm³/mol. The number of ether oxygens (including phenoxy) is 1. The maximum Gasteiger partial charge on any atom is 0.325 e. The van der Waals surface area contributed by atoms with Crippen molar-refractivity contribution >= 4 is 29.3 Å². The van der Waals surface area contributed by atoms with Gasteiger partial charge in [0, 0.05) is 85.8 Å². The van der Waals surface area contributed by atoms with Crippen LogP contribution in [0.25, 0.3) is 5.57 Å². The molecule has 3 heterocycles. The second kappa shape index (κ2) is 12.3. The molecule has 0 atom stereocenters. The molecule has 0 unspecified atom stereocenters. The number of aliphatic imine (C=N–C) groups is 1. The number of aliphatic carboxylic acids is 1. The summed E-state index contributed by atoms with van der Waals surface area (Å²) >= 11 is 0. The Bertz CT molecular complexity index is 1110. The fraction of sp³-hybridized carbons (Fsp3) is 0.500. The Balaban J connectivity index is 1.67. The van der Waals surface area contributed by atoms with Crippen LogP contribution >= 0.6 is 0 Å². The number of amidine groups is 1. The second-order valence-electron chi connectivity index (χ2n) is 9.37. The zero-order valence-electron chi connectivity index (χ0n) is 20.7. The minimum absolute atomic E-state index is 0.221. The van der Waals surface area contributed by atoms with Crippen molar-refractivity contribution in [2.75, 3.05) is 44.3 Å². The number of benzene rings is 1. The minimum atomic E-state index is -2.79. The number of carboxylic acid groups (broad SMARTS) is 1. The molecule has 4 rings (SSSR count). The summed E-state index contributed by atoms with van der Waals surface area (Å²) in [5.74, 6) is -0.813. The molecule has 0 radical (unpaired) electrons. The van der Waals surface area contributed by atoms with E-state index in [9.17, 15) is 13.6 Å². The van der Waals surface area contributed by atoms with Crippen LogP contribution in [0, 0.1) is 5.41 Å². The molecular weight excluding hydrogens is 482 g/mol. The van der Waals surface area contributed by atoms with Crippen LogP contribution in [-0.2, 0) is 16.0 Å². The number of carboxylic acids is 1. The molecule has 0 bridgehead atoms. The Labute approximate surface area is 215 Å². The molecule has 0 spiro atoms. The monoisotopic (exact) mass is 516 g/mol. The Kier molecular flexibility index (Phi) is 8.88. The van der Waals surface area contributed by atoms with E-state index < -0.39 is 18.9 Å². The summed E-state index contributed by atoms with van der Waals surface area (Å²) in [5, 5.41) is 24.9. The molecule has 3 aliphatic rings. The van der Waals surface area contributed by atoms with Crippen molar-refractivity contribution in [3.8, 4) is 0 Å². The number of nitrogens with zero attached hydrogens (tertiary/aromatic N) is 2. The number of nitrogens with one attached hydrogen (secondary N) is 3. The largest absolute Gasteiger partial charge is 0.480 e. The number of anilines is 1. The van der Waals surface area contributed by atoms with Crippen LogP contribution in [-0.4, -0.2) is 68.6 Å². The van der Waals surface area contributed by atoms with E-state index >= 15 is 0 Å². The van der Waals surface area contributed by atoms with Crippen LogP contribution in [0.15, 0.2) is 34.6 Å². The SMILES string of the molecule is N=C(C1=C(NC2CCOCC2)CCNC1)N1CCCc2cc(/C(C=NCC(=O)O)=C/N)c(C(F)F)cc21. The molecular formula is C26H34F2N6O3. The molecule has 1 aromatic rings. The maximum atomic E-state index is 14.2. The van der Waals surface area contributed by atoms with E-state index in [0.717, 1.165) is 55.3 Å². The molecule has 1 aromatic carbocycles. The number of carbonyl (C=O) groups is 1. The average Bonchev–Trinajstić information content (AvgIpc) is 2.90. The molecule has 37 heavy (non-hydrogen) atoms. The van der Waals surface area contributed by atoms with Gasteiger partial charge in [0.25, 0.3) is 6.43 Å². The zero-order chi connectivity index (χ0) is 26.4. The first-order valence-corrected chi connectivity index (χ1v) is 12.6. The second-order valence-corrected chi connectivity index (χ2v) is 9.37. The van der Waals surface area contributed by atoms with Gasteiger partial charge in [-0.1, -0.05) is 0 Å². The van der Waals surface area contributed by atoms with Gasteiger partial charge in [0.2, 0.25) is 0 Å². The van der Waals surface area contributed by atoms with Gasteiger partial charge in [-0.2, -0.15) is 0 Å². The number of alkyl halides is 2. The molecule has 0 aliphatic carbocycles. The standard InChI is InChI=1S/C26H34F2N6O3/c27-25(28)20-11-23-16(10-19(20)17(12-29)13-32-15-24(35)36)2-1-7-34(23)26(30)21-14-31-6-3-22(21)33-18-4-8-37-9-5-18/h10-13,18,25,30-31,33H,1-9,14-15,29H2,(H,35,36)/b17-12+,30-26?,32-13?. The molecule has 0 saturated carbocycles. The number of hydrogen-bond donors (Lipinski definition) is 5. The third-order valence-corrected chi connectivity index (χ3v) is 6.93. The molecule has 6 N–H and O–H groups in total. The van der Waals surface area contributed by atoms with Gasteiger partial charge in [-0.15, -0.1) is 0 Å². The van der Waals surface area contributed by atoms with E-state index in [2.05, 4.69) is 15.6 Å². The van der Waals surface area contributed by atoms with Gasteiger partial charge in [0.1, 0.15) is 12.4 Å². The lowest BCUT2D eigenvalue weighted by Gasteiger charge is -2.36. The Morgan fingerprint density at radius 3 is 2.84 bits per heavy atom. The number of rotatable bonds is 8. The molecule has 0 amide bonds. The number of fused-ring (bicyclic) bond motifs is 1. The third kappa shape index (κ3) is 6.34. The van der Waals surface area contributed by atoms with Gasteiger partial charge in [-0.25, -0.2) is 8.78 Å². The summed E-state index contributed by atoms with van der Waals surface area (Å²) in [5.41, 5.74) is 9.27. The summed E-state index contributed by atoms with van der Waals surface area (Å²) in [7, 11) is 0. The van der Waals surface area contributed by atoms with Crippen molar-refractivity contribution in [3.63, 3.8) is 0 Å². The minimum Gasteiger partial charge on any atom is -0.480 e. The van der Waals surface area contributed by atoms with E-state index in [4.69, 9.17) is 21.0 Å². The maximum absolute atomic E-state index is 14.2. The zero-order valence-corrected chi connectivity index (χ0v) is 20.7. The molecule has 11 heteroatoms. The number of nitrogens with two attached hydrogens (primary N) is 1. The van der Waals surface area contributed by atoms with Gasteiger partial charge < -0.3 is 31.1 Å². The van der Waals surface area contributed by atoms with Gasteiger partial charge >= 0.3 is 5.97 Å². The lowest BCUT2D eigenvalue weighted by atomic mass is 9.91. The molecule has 3 aliphatic heterocycles. The highest BCUT2D eigenvalue weighted by atomic mass is 19.3. The third-order valence-electron chi connectivity index (χ3n) is 6.93. The van der Waals surface area contributed by atoms with E-state index in [1.54, 1.807) is 6.07 Å². The summed E-state index contributed by atoms with van der Waals surface area (Å²) in [6.07, 6.45) is 3.63. The quantitative estimate of drug-likeness (QED) is 0.265. The number of allylic oxidation sites excluding steroid dienone is 1. The lowest BCUT2D eigenvalue weighted by molar-refractivity contribution is -0.135. The summed E-state index contributed by atoms with van der Waals surface area (Å²) in [6, 6.07) is 3.42. The lowest BCUT2D eigenvalue weighted by Crippen LogP contribution is -2.44. The average molecular weight is 517 g/mol. The number of aryl methyl sites for hydroxylation is 1. The van der Waals surface area contributed by atoms with Crippen LogP contribution in [0.3, 0.4) is 0 Å². The molecule has 9 nitrogen and oxygen atoms in total. The first kappa shape index (κ1) is 26.7. The Hall–Kier alpha value is -3.31. The first-order valence-electron chi connectivity index (χ1n) is 12.6. The van der Waals surface area contributed by atoms with Crippen LogP contribution in [0.1, 0.15) is 48.8 Å². The Morgan fingerprint density at radius 2 is 2.14 bits per heavy atom. The highest BCUT2D eigenvalue weighted by Gasteiger charge is 2.29. The van der Waals surface area contributed by atoms with E-state index in [1.165, 1.54) is 12.3 Å². The normalized spacial score (nSPS) is 19.4. The van der Waals surface area contributed by atoms with Crippen molar-refractivity contribution < 1.29 is 23.4 Å². The number of halogens is 2. The highest BCUT2D eigenvalue weighted by molar-refractivity contribution is 6.12. The molecule has 1 saturated heterocycles. The summed E-state index contributed by atoms with van der Waals surface area (Å²) in [4.78, 5) is 16.4.